The van der Waals surface area contributed by atoms with Crippen LogP contribution in [0.3, 0.4) is 0 Å². The molecule has 1 amide bonds. The van der Waals surface area contributed by atoms with Crippen LogP contribution in [0.5, 0.6) is 0 Å². The van der Waals surface area contributed by atoms with Gasteiger partial charge in [0.1, 0.15) is 4.88 Å². The number of carbonyl (C=O) groups excluding carboxylic acids is 1. The summed E-state index contributed by atoms with van der Waals surface area (Å²) in [6, 6.07) is 0. The van der Waals surface area contributed by atoms with Crippen LogP contribution in [0.1, 0.15) is 22.3 Å². The highest BCUT2D eigenvalue weighted by Gasteiger charge is 2.14. The van der Waals surface area contributed by atoms with Gasteiger partial charge in [-0.3, -0.25) is 4.79 Å². The number of hydrogen-bond acceptors (Lipinski definition) is 5. The number of thiazole rings is 1. The normalized spacial score (nSPS) is 12.5. The Bertz CT molecular complexity index is 351. The van der Waals surface area contributed by atoms with Crippen LogP contribution in [-0.2, 0) is 0 Å². The third kappa shape index (κ3) is 3.39. The van der Waals surface area contributed by atoms with E-state index in [-0.39, 0.29) is 5.91 Å². The molecule has 0 saturated heterocycles. The molecule has 15 heavy (non-hydrogen) atoms. The molecule has 0 fully saturated rings. The van der Waals surface area contributed by atoms with Crippen LogP contribution in [-0.4, -0.2) is 28.9 Å². The molecule has 0 aliphatic carbocycles. The van der Waals surface area contributed by atoms with Crippen molar-refractivity contribution in [3.63, 3.8) is 0 Å². The van der Waals surface area contributed by atoms with Gasteiger partial charge in [0.15, 0.2) is 5.13 Å². The molecule has 1 unspecified atom stereocenters. The van der Waals surface area contributed by atoms with Gasteiger partial charge in [0.2, 0.25) is 0 Å². The van der Waals surface area contributed by atoms with Gasteiger partial charge in [0, 0.05) is 11.8 Å². The Morgan fingerprint density at radius 1 is 1.73 bits per heavy atom. The van der Waals surface area contributed by atoms with Crippen molar-refractivity contribution in [2.75, 3.05) is 18.5 Å². The summed E-state index contributed by atoms with van der Waals surface area (Å²) in [6.45, 7) is 4.52. The minimum absolute atomic E-state index is 0.0809. The topological polar surface area (TPSA) is 68.0 Å². The van der Waals surface area contributed by atoms with Crippen LogP contribution in [0.4, 0.5) is 5.13 Å². The molecule has 0 aliphatic rings. The average Bonchev–Trinajstić information content (AvgIpc) is 2.53. The van der Waals surface area contributed by atoms with Crippen LogP contribution >= 0.6 is 23.1 Å². The van der Waals surface area contributed by atoms with E-state index in [9.17, 15) is 4.79 Å². The zero-order chi connectivity index (χ0) is 11.4. The van der Waals surface area contributed by atoms with E-state index in [2.05, 4.69) is 17.2 Å². The Morgan fingerprint density at radius 3 is 2.87 bits per heavy atom. The molecule has 84 valence electrons. The fourth-order valence-corrected chi connectivity index (χ4v) is 2.03. The predicted molar refractivity (Wildman–Crippen MR) is 66.6 cm³/mol. The van der Waals surface area contributed by atoms with Gasteiger partial charge in [-0.05, 0) is 13.2 Å². The number of hydrogen-bond donors (Lipinski definition) is 2. The molecule has 0 saturated carbocycles. The number of nitrogens with two attached hydrogens (primary N) is 1. The number of aromatic nitrogens is 1. The number of amides is 1. The van der Waals surface area contributed by atoms with Crippen molar-refractivity contribution < 1.29 is 4.79 Å². The van der Waals surface area contributed by atoms with Crippen molar-refractivity contribution in [3.05, 3.63) is 10.6 Å². The van der Waals surface area contributed by atoms with Crippen LogP contribution in [0.2, 0.25) is 0 Å². The van der Waals surface area contributed by atoms with E-state index in [1.807, 2.05) is 6.26 Å². The number of aryl methyl sites for hydroxylation is 1. The summed E-state index contributed by atoms with van der Waals surface area (Å²) in [5.74, 6) is -0.0809. The number of thioether (sulfide) groups is 1. The van der Waals surface area contributed by atoms with Gasteiger partial charge in [0.25, 0.3) is 5.91 Å². The van der Waals surface area contributed by atoms with Crippen LogP contribution in [0.25, 0.3) is 0 Å². The molecule has 1 aromatic rings. The molecule has 4 nitrogen and oxygen atoms in total. The smallest absolute Gasteiger partial charge is 0.263 e. The molecule has 1 atom stereocenters. The summed E-state index contributed by atoms with van der Waals surface area (Å²) in [6.07, 6.45) is 2.02. The molecule has 0 aliphatic heterocycles. The summed E-state index contributed by atoms with van der Waals surface area (Å²) >= 11 is 2.95. The minimum atomic E-state index is -0.0809. The molecule has 0 aromatic carbocycles. The first-order valence-electron chi connectivity index (χ1n) is 4.58. The third-order valence-corrected chi connectivity index (χ3v) is 3.93. The van der Waals surface area contributed by atoms with Crippen molar-refractivity contribution in [2.45, 2.75) is 19.1 Å². The average molecular weight is 245 g/mol. The highest BCUT2D eigenvalue weighted by molar-refractivity contribution is 7.99. The van der Waals surface area contributed by atoms with E-state index in [1.165, 1.54) is 11.3 Å². The van der Waals surface area contributed by atoms with Crippen molar-refractivity contribution >= 4 is 34.1 Å². The predicted octanol–water partition coefficient (Wildman–Crippen LogP) is 1.52. The van der Waals surface area contributed by atoms with Crippen LogP contribution < -0.4 is 11.1 Å². The van der Waals surface area contributed by atoms with E-state index >= 15 is 0 Å². The molecule has 0 spiro atoms. The Kier molecular flexibility index (Phi) is 4.41. The van der Waals surface area contributed by atoms with E-state index in [1.54, 1.807) is 18.7 Å². The minimum Gasteiger partial charge on any atom is -0.375 e. The maximum Gasteiger partial charge on any atom is 0.263 e. The summed E-state index contributed by atoms with van der Waals surface area (Å²) in [4.78, 5) is 16.3. The number of rotatable bonds is 4. The lowest BCUT2D eigenvalue weighted by Crippen LogP contribution is -2.29. The number of nitrogens with zero attached hydrogens (tertiary/aromatic N) is 1. The Hall–Kier alpha value is -0.750. The highest BCUT2D eigenvalue weighted by atomic mass is 32.2. The molecule has 3 N–H and O–H groups in total. The number of carbonyl (C=O) groups is 1. The van der Waals surface area contributed by atoms with Crippen molar-refractivity contribution in [1.29, 1.82) is 0 Å². The second-order valence-electron chi connectivity index (χ2n) is 3.22. The van der Waals surface area contributed by atoms with Gasteiger partial charge in [-0.2, -0.15) is 11.8 Å². The van der Waals surface area contributed by atoms with E-state index < -0.39 is 0 Å². The molecule has 1 heterocycles. The summed E-state index contributed by atoms with van der Waals surface area (Å²) < 4.78 is 0. The van der Waals surface area contributed by atoms with Crippen molar-refractivity contribution in [3.8, 4) is 0 Å². The Balaban J connectivity index is 2.58. The van der Waals surface area contributed by atoms with E-state index in [4.69, 9.17) is 5.73 Å². The number of nitrogen functional groups attached to an aromatic ring is 1. The maximum absolute atomic E-state index is 11.7. The fourth-order valence-electron chi connectivity index (χ4n) is 1.03. The Labute approximate surface area is 97.7 Å². The summed E-state index contributed by atoms with van der Waals surface area (Å²) in [5, 5.41) is 3.72. The first-order chi connectivity index (χ1) is 7.04. The lowest BCUT2D eigenvalue weighted by Gasteiger charge is -2.08. The molecular formula is C9H15N3OS2. The molecule has 1 aromatic heterocycles. The highest BCUT2D eigenvalue weighted by Crippen LogP contribution is 2.19. The second kappa shape index (κ2) is 5.37. The van der Waals surface area contributed by atoms with Gasteiger partial charge < -0.3 is 11.1 Å². The van der Waals surface area contributed by atoms with Gasteiger partial charge >= 0.3 is 0 Å². The SMILES string of the molecule is CSC(C)CNC(=O)c1sc(N)nc1C. The van der Waals surface area contributed by atoms with E-state index in [0.717, 1.165) is 0 Å². The molecular weight excluding hydrogens is 230 g/mol. The number of anilines is 1. The van der Waals surface area contributed by atoms with Gasteiger partial charge in [-0.1, -0.05) is 18.3 Å². The van der Waals surface area contributed by atoms with Gasteiger partial charge in [0.05, 0.1) is 5.69 Å². The summed E-state index contributed by atoms with van der Waals surface area (Å²) in [7, 11) is 0. The third-order valence-electron chi connectivity index (χ3n) is 1.97. The largest absolute Gasteiger partial charge is 0.375 e. The standard InChI is InChI=1S/C9H15N3OS2/c1-5(14-3)4-11-8(13)7-6(2)12-9(10)15-7/h5H,4H2,1-3H3,(H2,10,12)(H,11,13). The fraction of sp³-hybridized carbons (Fsp3) is 0.556. The first-order valence-corrected chi connectivity index (χ1v) is 6.69. The molecule has 0 bridgehead atoms. The number of nitrogens with one attached hydrogen (secondary N) is 1. The van der Waals surface area contributed by atoms with E-state index in [0.29, 0.717) is 27.5 Å². The van der Waals surface area contributed by atoms with Crippen LogP contribution in [0, 0.1) is 6.92 Å². The zero-order valence-electron chi connectivity index (χ0n) is 9.03. The quantitative estimate of drug-likeness (QED) is 0.844. The molecule has 1 rings (SSSR count). The maximum atomic E-state index is 11.7. The van der Waals surface area contributed by atoms with Crippen molar-refractivity contribution in [1.82, 2.24) is 10.3 Å². The summed E-state index contributed by atoms with van der Waals surface area (Å²) in [5.41, 5.74) is 6.22. The Morgan fingerprint density at radius 2 is 2.40 bits per heavy atom. The monoisotopic (exact) mass is 245 g/mol. The lowest BCUT2D eigenvalue weighted by atomic mass is 10.3. The van der Waals surface area contributed by atoms with Crippen molar-refractivity contribution in [2.24, 2.45) is 0 Å². The van der Waals surface area contributed by atoms with Gasteiger partial charge in [-0.25, -0.2) is 4.98 Å². The van der Waals surface area contributed by atoms with Crippen LogP contribution in [0.15, 0.2) is 0 Å². The molecule has 6 heteroatoms. The lowest BCUT2D eigenvalue weighted by molar-refractivity contribution is 0.0957. The zero-order valence-corrected chi connectivity index (χ0v) is 10.7. The second-order valence-corrected chi connectivity index (χ2v) is 5.53. The first kappa shape index (κ1) is 12.3. The molecule has 0 radical (unpaired) electrons. The van der Waals surface area contributed by atoms with Gasteiger partial charge in [-0.15, -0.1) is 0 Å².